The Labute approximate surface area is 121 Å². The van der Waals surface area contributed by atoms with E-state index in [0.717, 1.165) is 31.9 Å². The minimum atomic E-state index is 0.872. The average Bonchev–Trinajstić information content (AvgIpc) is 2.47. The minimum Gasteiger partial charge on any atom is -0.308 e. The van der Waals surface area contributed by atoms with Gasteiger partial charge in [-0.3, -0.25) is 14.9 Å². The van der Waals surface area contributed by atoms with Gasteiger partial charge in [0.15, 0.2) is 0 Å². The fraction of sp³-hybridized carbons (Fsp3) is 0.375. The first kappa shape index (κ1) is 14.6. The summed E-state index contributed by atoms with van der Waals surface area (Å²) in [5.74, 6) is 0. The normalized spacial score (nSPS) is 11.2. The molecule has 2 rings (SSSR count). The van der Waals surface area contributed by atoms with Gasteiger partial charge in [-0.05, 0) is 43.9 Å². The Kier molecular flexibility index (Phi) is 5.65. The lowest BCUT2D eigenvalue weighted by Gasteiger charge is -2.23. The second-order valence-electron chi connectivity index (χ2n) is 5.19. The van der Waals surface area contributed by atoms with Crippen molar-refractivity contribution in [1.29, 1.82) is 0 Å². The van der Waals surface area contributed by atoms with Crippen LogP contribution in [0, 0.1) is 0 Å². The number of likely N-dealkylation sites (N-methyl/N-ethyl adjacent to an activating group) is 1. The van der Waals surface area contributed by atoms with Gasteiger partial charge < -0.3 is 4.90 Å². The molecule has 0 unspecified atom stereocenters. The van der Waals surface area contributed by atoms with Gasteiger partial charge in [0.25, 0.3) is 0 Å². The lowest BCUT2D eigenvalue weighted by Crippen LogP contribution is -2.31. The molecule has 2 aromatic heterocycles. The lowest BCUT2D eigenvalue weighted by atomic mass is 10.2. The number of nitrogens with zero attached hydrogens (tertiary/aromatic N) is 4. The smallest absolute Gasteiger partial charge is 0.0544 e. The third-order valence-corrected chi connectivity index (χ3v) is 3.13. The van der Waals surface area contributed by atoms with E-state index in [1.165, 1.54) is 5.56 Å². The molecule has 0 fully saturated rings. The van der Waals surface area contributed by atoms with Gasteiger partial charge in [0.2, 0.25) is 0 Å². The molecular weight excluding hydrogens is 248 g/mol. The first-order valence-corrected chi connectivity index (χ1v) is 6.90. The van der Waals surface area contributed by atoms with E-state index in [0.29, 0.717) is 0 Å². The molecule has 4 heteroatoms. The summed E-state index contributed by atoms with van der Waals surface area (Å²) in [4.78, 5) is 13.1. The van der Waals surface area contributed by atoms with Crippen LogP contribution in [0.5, 0.6) is 0 Å². The maximum atomic E-state index is 4.42. The molecule has 20 heavy (non-hydrogen) atoms. The highest BCUT2D eigenvalue weighted by Crippen LogP contribution is 2.07. The standard InChI is InChI=1S/C16H22N4/c1-19(2)11-12-20(13-15-6-9-17-10-7-15)14-16-5-3-4-8-18-16/h3-10H,11-14H2,1-2H3. The van der Waals surface area contributed by atoms with Crippen molar-refractivity contribution >= 4 is 0 Å². The summed E-state index contributed by atoms with van der Waals surface area (Å²) in [5, 5.41) is 0. The average molecular weight is 270 g/mol. The summed E-state index contributed by atoms with van der Waals surface area (Å²) >= 11 is 0. The molecule has 2 heterocycles. The molecule has 0 saturated heterocycles. The zero-order chi connectivity index (χ0) is 14.2. The van der Waals surface area contributed by atoms with Crippen molar-refractivity contribution in [3.05, 3.63) is 60.2 Å². The summed E-state index contributed by atoms with van der Waals surface area (Å²) in [6.07, 6.45) is 5.55. The predicted octanol–water partition coefficient (Wildman–Crippen LogP) is 2.04. The fourth-order valence-corrected chi connectivity index (χ4v) is 2.02. The van der Waals surface area contributed by atoms with Crippen molar-refractivity contribution in [2.24, 2.45) is 0 Å². The van der Waals surface area contributed by atoms with Crippen molar-refractivity contribution in [3.63, 3.8) is 0 Å². The van der Waals surface area contributed by atoms with E-state index < -0.39 is 0 Å². The molecular formula is C16H22N4. The Morgan fingerprint density at radius 2 is 1.70 bits per heavy atom. The summed E-state index contributed by atoms with van der Waals surface area (Å²) in [7, 11) is 4.21. The highest BCUT2D eigenvalue weighted by molar-refractivity contribution is 5.10. The Morgan fingerprint density at radius 1 is 0.900 bits per heavy atom. The first-order chi connectivity index (χ1) is 9.74. The van der Waals surface area contributed by atoms with E-state index in [1.807, 2.05) is 30.7 Å². The Morgan fingerprint density at radius 3 is 2.35 bits per heavy atom. The van der Waals surface area contributed by atoms with E-state index in [2.05, 4.69) is 52.1 Å². The van der Waals surface area contributed by atoms with Crippen molar-refractivity contribution in [3.8, 4) is 0 Å². The molecule has 0 amide bonds. The monoisotopic (exact) mass is 270 g/mol. The maximum Gasteiger partial charge on any atom is 0.0544 e. The van der Waals surface area contributed by atoms with Gasteiger partial charge in [-0.15, -0.1) is 0 Å². The summed E-state index contributed by atoms with van der Waals surface area (Å²) in [5.41, 5.74) is 2.40. The summed E-state index contributed by atoms with van der Waals surface area (Å²) in [6, 6.07) is 10.2. The zero-order valence-electron chi connectivity index (χ0n) is 12.2. The van der Waals surface area contributed by atoms with Crippen LogP contribution in [-0.4, -0.2) is 47.0 Å². The topological polar surface area (TPSA) is 32.3 Å². The van der Waals surface area contributed by atoms with Crippen LogP contribution in [0.15, 0.2) is 48.9 Å². The minimum absolute atomic E-state index is 0.872. The van der Waals surface area contributed by atoms with Crippen molar-refractivity contribution in [2.45, 2.75) is 13.1 Å². The molecule has 0 bridgehead atoms. The van der Waals surface area contributed by atoms with Crippen LogP contribution in [0.25, 0.3) is 0 Å². The molecule has 4 nitrogen and oxygen atoms in total. The molecule has 0 radical (unpaired) electrons. The molecule has 0 aliphatic carbocycles. The van der Waals surface area contributed by atoms with Gasteiger partial charge in [0.05, 0.1) is 5.69 Å². The third-order valence-electron chi connectivity index (χ3n) is 3.13. The van der Waals surface area contributed by atoms with Gasteiger partial charge in [-0.2, -0.15) is 0 Å². The molecule has 0 aromatic carbocycles. The van der Waals surface area contributed by atoms with E-state index in [4.69, 9.17) is 0 Å². The predicted molar refractivity (Wildman–Crippen MR) is 81.1 cm³/mol. The van der Waals surface area contributed by atoms with Crippen LogP contribution in [0.4, 0.5) is 0 Å². The van der Waals surface area contributed by atoms with Crippen molar-refractivity contribution in [1.82, 2.24) is 19.8 Å². The van der Waals surface area contributed by atoms with Gasteiger partial charge >= 0.3 is 0 Å². The Balaban J connectivity index is 2.00. The van der Waals surface area contributed by atoms with E-state index in [1.54, 1.807) is 0 Å². The van der Waals surface area contributed by atoms with Crippen molar-refractivity contribution < 1.29 is 0 Å². The lowest BCUT2D eigenvalue weighted by molar-refractivity contribution is 0.224. The second-order valence-corrected chi connectivity index (χ2v) is 5.19. The van der Waals surface area contributed by atoms with Crippen LogP contribution < -0.4 is 0 Å². The molecule has 0 atom stereocenters. The maximum absolute atomic E-state index is 4.42. The van der Waals surface area contributed by atoms with Crippen molar-refractivity contribution in [2.75, 3.05) is 27.2 Å². The fourth-order valence-electron chi connectivity index (χ4n) is 2.02. The Hall–Kier alpha value is -1.78. The molecule has 106 valence electrons. The Bertz CT molecular complexity index is 443. The van der Waals surface area contributed by atoms with Crippen LogP contribution in [-0.2, 0) is 13.1 Å². The number of rotatable bonds is 7. The third kappa shape index (κ3) is 5.07. The van der Waals surface area contributed by atoms with Crippen LogP contribution in [0.3, 0.4) is 0 Å². The summed E-state index contributed by atoms with van der Waals surface area (Å²) < 4.78 is 0. The van der Waals surface area contributed by atoms with E-state index in [9.17, 15) is 0 Å². The van der Waals surface area contributed by atoms with Gasteiger partial charge in [-0.25, -0.2) is 0 Å². The molecule has 0 aliphatic rings. The van der Waals surface area contributed by atoms with Gasteiger partial charge in [0.1, 0.15) is 0 Å². The van der Waals surface area contributed by atoms with Gasteiger partial charge in [0, 0.05) is 44.8 Å². The summed E-state index contributed by atoms with van der Waals surface area (Å²) in [6.45, 7) is 3.85. The molecule has 0 aliphatic heterocycles. The number of aromatic nitrogens is 2. The number of hydrogen-bond donors (Lipinski definition) is 0. The van der Waals surface area contributed by atoms with Crippen LogP contribution in [0.1, 0.15) is 11.3 Å². The highest BCUT2D eigenvalue weighted by atomic mass is 15.2. The number of hydrogen-bond acceptors (Lipinski definition) is 4. The molecule has 2 aromatic rings. The van der Waals surface area contributed by atoms with Crippen LogP contribution in [0.2, 0.25) is 0 Å². The van der Waals surface area contributed by atoms with E-state index >= 15 is 0 Å². The molecule has 0 saturated carbocycles. The largest absolute Gasteiger partial charge is 0.308 e. The second kappa shape index (κ2) is 7.72. The number of pyridine rings is 2. The first-order valence-electron chi connectivity index (χ1n) is 6.90. The highest BCUT2D eigenvalue weighted by Gasteiger charge is 2.08. The van der Waals surface area contributed by atoms with E-state index in [-0.39, 0.29) is 0 Å². The SMILES string of the molecule is CN(C)CCN(Cc1ccncc1)Cc1ccccn1. The molecule has 0 spiro atoms. The van der Waals surface area contributed by atoms with Gasteiger partial charge in [-0.1, -0.05) is 6.07 Å². The van der Waals surface area contributed by atoms with Crippen LogP contribution >= 0.6 is 0 Å². The molecule has 0 N–H and O–H groups in total. The quantitative estimate of drug-likeness (QED) is 0.770. The zero-order valence-corrected chi connectivity index (χ0v) is 12.2.